The van der Waals surface area contributed by atoms with Crippen LogP contribution in [0.5, 0.6) is 0 Å². The van der Waals surface area contributed by atoms with Crippen LogP contribution in [0.2, 0.25) is 5.02 Å². The zero-order chi connectivity index (χ0) is 15.5. The molecule has 0 amide bonds. The number of halogens is 1. The number of nitrogens with zero attached hydrogens (tertiary/aromatic N) is 2. The van der Waals surface area contributed by atoms with Gasteiger partial charge in [-0.3, -0.25) is 0 Å². The minimum absolute atomic E-state index is 0.460. The molecule has 2 aromatic rings. The van der Waals surface area contributed by atoms with Gasteiger partial charge in [-0.2, -0.15) is 0 Å². The van der Waals surface area contributed by atoms with Crippen molar-refractivity contribution in [2.45, 2.75) is 38.6 Å². The summed E-state index contributed by atoms with van der Waals surface area (Å²) < 4.78 is 0. The van der Waals surface area contributed by atoms with Gasteiger partial charge in [0.05, 0.1) is 0 Å². The molecular formula is C16H20ClN5. The molecule has 1 heterocycles. The fourth-order valence-electron chi connectivity index (χ4n) is 2.77. The van der Waals surface area contributed by atoms with Crippen molar-refractivity contribution in [1.82, 2.24) is 9.97 Å². The summed E-state index contributed by atoms with van der Waals surface area (Å²) in [5, 5.41) is 7.39. The smallest absolute Gasteiger partial charge is 0.159 e. The first-order valence-electron chi connectivity index (χ1n) is 7.53. The molecule has 0 bridgehead atoms. The van der Waals surface area contributed by atoms with Crippen molar-refractivity contribution in [1.29, 1.82) is 0 Å². The number of rotatable bonds is 4. The number of hydrogen-bond acceptors (Lipinski definition) is 5. The molecule has 1 aliphatic carbocycles. The molecule has 0 radical (unpaired) electrons. The first kappa shape index (κ1) is 14.9. The van der Waals surface area contributed by atoms with Crippen molar-refractivity contribution in [3.63, 3.8) is 0 Å². The Kier molecular flexibility index (Phi) is 4.34. The maximum atomic E-state index is 6.21. The zero-order valence-electron chi connectivity index (χ0n) is 12.6. The molecule has 0 saturated heterocycles. The Bertz CT molecular complexity index is 668. The maximum Gasteiger partial charge on any atom is 0.159 e. The summed E-state index contributed by atoms with van der Waals surface area (Å²) in [6.45, 7) is 1.99. The second-order valence-corrected chi connectivity index (χ2v) is 6.13. The van der Waals surface area contributed by atoms with Crippen LogP contribution in [0.4, 0.5) is 23.0 Å². The third-order valence-electron chi connectivity index (χ3n) is 4.02. The summed E-state index contributed by atoms with van der Waals surface area (Å²) in [7, 11) is 0. The molecule has 1 fully saturated rings. The van der Waals surface area contributed by atoms with Gasteiger partial charge in [0, 0.05) is 16.8 Å². The number of anilines is 4. The van der Waals surface area contributed by atoms with Crippen LogP contribution in [0.15, 0.2) is 24.5 Å². The van der Waals surface area contributed by atoms with Gasteiger partial charge in [-0.15, -0.1) is 0 Å². The number of benzene rings is 1. The summed E-state index contributed by atoms with van der Waals surface area (Å²) >= 11 is 5.98. The van der Waals surface area contributed by atoms with Gasteiger partial charge in [-0.05, 0) is 43.5 Å². The standard InChI is InChI=1S/C16H20ClN5/c1-10-8-11(17)6-7-13(10)22-16-14(18)15(19-9-20-16)21-12-4-2-3-5-12/h6-9,12H,2-5,18H2,1H3,(H2,19,20,21,22). The van der Waals surface area contributed by atoms with Gasteiger partial charge in [0.2, 0.25) is 0 Å². The molecule has 0 aliphatic heterocycles. The molecule has 116 valence electrons. The molecule has 0 unspecified atom stereocenters. The lowest BCUT2D eigenvalue weighted by Gasteiger charge is -2.17. The Labute approximate surface area is 135 Å². The van der Waals surface area contributed by atoms with E-state index in [4.69, 9.17) is 17.3 Å². The summed E-state index contributed by atoms with van der Waals surface area (Å²) in [5.41, 5.74) is 8.73. The van der Waals surface area contributed by atoms with Crippen molar-refractivity contribution in [3.8, 4) is 0 Å². The second-order valence-electron chi connectivity index (χ2n) is 5.69. The maximum absolute atomic E-state index is 6.21. The lowest BCUT2D eigenvalue weighted by Crippen LogP contribution is -2.17. The summed E-state index contributed by atoms with van der Waals surface area (Å²) in [6, 6.07) is 6.12. The van der Waals surface area contributed by atoms with Crippen molar-refractivity contribution >= 4 is 34.6 Å². The minimum Gasteiger partial charge on any atom is -0.393 e. The fourth-order valence-corrected chi connectivity index (χ4v) is 3.00. The second kappa shape index (κ2) is 6.40. The Balaban J connectivity index is 1.81. The predicted octanol–water partition coefficient (Wildman–Crippen LogP) is 4.12. The lowest BCUT2D eigenvalue weighted by atomic mass is 10.2. The highest BCUT2D eigenvalue weighted by Crippen LogP contribution is 2.30. The van der Waals surface area contributed by atoms with Gasteiger partial charge in [-0.25, -0.2) is 9.97 Å². The third-order valence-corrected chi connectivity index (χ3v) is 4.26. The minimum atomic E-state index is 0.460. The van der Waals surface area contributed by atoms with E-state index in [1.165, 1.54) is 32.0 Å². The highest BCUT2D eigenvalue weighted by molar-refractivity contribution is 6.30. The van der Waals surface area contributed by atoms with Crippen LogP contribution in [-0.4, -0.2) is 16.0 Å². The van der Waals surface area contributed by atoms with Gasteiger partial charge in [0.15, 0.2) is 11.6 Å². The van der Waals surface area contributed by atoms with Crippen LogP contribution in [-0.2, 0) is 0 Å². The topological polar surface area (TPSA) is 75.9 Å². The van der Waals surface area contributed by atoms with Crippen LogP contribution in [0.1, 0.15) is 31.2 Å². The third kappa shape index (κ3) is 3.25. The van der Waals surface area contributed by atoms with Gasteiger partial charge < -0.3 is 16.4 Å². The number of aromatic nitrogens is 2. The fraction of sp³-hybridized carbons (Fsp3) is 0.375. The van der Waals surface area contributed by atoms with E-state index in [1.54, 1.807) is 0 Å². The van der Waals surface area contributed by atoms with E-state index < -0.39 is 0 Å². The van der Waals surface area contributed by atoms with Gasteiger partial charge in [-0.1, -0.05) is 24.4 Å². The van der Waals surface area contributed by atoms with E-state index in [2.05, 4.69) is 20.6 Å². The van der Waals surface area contributed by atoms with Gasteiger partial charge in [0.1, 0.15) is 12.0 Å². The molecule has 6 heteroatoms. The monoisotopic (exact) mass is 317 g/mol. The van der Waals surface area contributed by atoms with E-state index >= 15 is 0 Å². The average Bonchev–Trinajstić information content (AvgIpc) is 2.99. The molecule has 1 aliphatic rings. The van der Waals surface area contributed by atoms with Gasteiger partial charge >= 0.3 is 0 Å². The molecule has 4 N–H and O–H groups in total. The number of hydrogen-bond donors (Lipinski definition) is 3. The number of nitrogens with two attached hydrogens (primary N) is 1. The summed E-state index contributed by atoms with van der Waals surface area (Å²) in [6.07, 6.45) is 6.39. The average molecular weight is 318 g/mol. The SMILES string of the molecule is Cc1cc(Cl)ccc1Nc1ncnc(NC2CCCC2)c1N. The first-order valence-corrected chi connectivity index (χ1v) is 7.91. The molecule has 0 atom stereocenters. The largest absolute Gasteiger partial charge is 0.393 e. The van der Waals surface area contributed by atoms with Crippen molar-refractivity contribution in [3.05, 3.63) is 35.1 Å². The number of aryl methyl sites for hydroxylation is 1. The van der Waals surface area contributed by atoms with E-state index in [-0.39, 0.29) is 0 Å². The van der Waals surface area contributed by atoms with Crippen molar-refractivity contribution in [2.75, 3.05) is 16.4 Å². The van der Waals surface area contributed by atoms with E-state index in [0.29, 0.717) is 28.4 Å². The van der Waals surface area contributed by atoms with Crippen LogP contribution < -0.4 is 16.4 Å². The Morgan fingerprint density at radius 1 is 1.18 bits per heavy atom. The first-order chi connectivity index (χ1) is 10.6. The quantitative estimate of drug-likeness (QED) is 0.791. The Morgan fingerprint density at radius 2 is 1.91 bits per heavy atom. The summed E-state index contributed by atoms with van der Waals surface area (Å²) in [4.78, 5) is 8.52. The van der Waals surface area contributed by atoms with Crippen molar-refractivity contribution < 1.29 is 0 Å². The molecule has 5 nitrogen and oxygen atoms in total. The molecule has 1 aromatic carbocycles. The molecular weight excluding hydrogens is 298 g/mol. The summed E-state index contributed by atoms with van der Waals surface area (Å²) in [5.74, 6) is 1.32. The van der Waals surface area contributed by atoms with E-state index in [1.807, 2.05) is 25.1 Å². The Morgan fingerprint density at radius 3 is 2.64 bits per heavy atom. The van der Waals surface area contributed by atoms with Crippen LogP contribution in [0.3, 0.4) is 0 Å². The zero-order valence-corrected chi connectivity index (χ0v) is 13.3. The van der Waals surface area contributed by atoms with Crippen LogP contribution in [0.25, 0.3) is 0 Å². The molecule has 1 aromatic heterocycles. The molecule has 1 saturated carbocycles. The van der Waals surface area contributed by atoms with Crippen LogP contribution in [0, 0.1) is 6.92 Å². The van der Waals surface area contributed by atoms with Crippen LogP contribution >= 0.6 is 11.6 Å². The highest BCUT2D eigenvalue weighted by atomic mass is 35.5. The van der Waals surface area contributed by atoms with E-state index in [0.717, 1.165) is 11.3 Å². The normalized spacial score (nSPS) is 15.0. The van der Waals surface area contributed by atoms with Gasteiger partial charge in [0.25, 0.3) is 0 Å². The molecule has 3 rings (SSSR count). The highest BCUT2D eigenvalue weighted by Gasteiger charge is 2.17. The molecule has 22 heavy (non-hydrogen) atoms. The van der Waals surface area contributed by atoms with Crippen molar-refractivity contribution in [2.24, 2.45) is 0 Å². The number of nitrogens with one attached hydrogen (secondary N) is 2. The van der Waals surface area contributed by atoms with E-state index in [9.17, 15) is 0 Å². The predicted molar refractivity (Wildman–Crippen MR) is 91.8 cm³/mol. The Hall–Kier alpha value is -2.01. The lowest BCUT2D eigenvalue weighted by molar-refractivity contribution is 0.750. The number of nitrogen functional groups attached to an aromatic ring is 1. The molecule has 0 spiro atoms.